The van der Waals surface area contributed by atoms with Crippen LogP contribution in [0, 0.1) is 13.8 Å². The van der Waals surface area contributed by atoms with E-state index < -0.39 is 0 Å². The van der Waals surface area contributed by atoms with E-state index in [9.17, 15) is 9.59 Å². The van der Waals surface area contributed by atoms with Crippen LogP contribution in [0.3, 0.4) is 0 Å². The minimum absolute atomic E-state index is 0.0363. The topological polar surface area (TPSA) is 59.1 Å². The number of para-hydroxylation sites is 1. The number of Topliss-reactive ketones (excluding diaryl/α,β-unsaturated/α-hetero) is 1. The molecule has 1 N–H and O–H groups in total. The zero-order valence-corrected chi connectivity index (χ0v) is 13.9. The van der Waals surface area contributed by atoms with Crippen molar-refractivity contribution in [3.05, 3.63) is 70.9 Å². The monoisotopic (exact) mass is 318 g/mol. The highest BCUT2D eigenvalue weighted by atomic mass is 16.1. The van der Waals surface area contributed by atoms with Gasteiger partial charge in [0.1, 0.15) is 0 Å². The van der Waals surface area contributed by atoms with E-state index in [2.05, 4.69) is 10.3 Å². The molecule has 1 amide bonds. The first-order valence-corrected chi connectivity index (χ1v) is 7.75. The molecule has 0 aliphatic carbocycles. The van der Waals surface area contributed by atoms with Gasteiger partial charge < -0.3 is 5.32 Å². The number of hydrogen-bond donors (Lipinski definition) is 1. The van der Waals surface area contributed by atoms with E-state index >= 15 is 0 Å². The van der Waals surface area contributed by atoms with Crippen molar-refractivity contribution in [3.8, 4) is 0 Å². The summed E-state index contributed by atoms with van der Waals surface area (Å²) in [4.78, 5) is 28.8. The van der Waals surface area contributed by atoms with E-state index in [0.29, 0.717) is 22.5 Å². The average Bonchev–Trinajstić information content (AvgIpc) is 2.55. The normalized spacial score (nSPS) is 10.6. The lowest BCUT2D eigenvalue weighted by molar-refractivity contribution is 0.101. The zero-order chi connectivity index (χ0) is 17.3. The highest BCUT2D eigenvalue weighted by Gasteiger charge is 2.16. The van der Waals surface area contributed by atoms with E-state index in [-0.39, 0.29) is 11.7 Å². The fourth-order valence-electron chi connectivity index (χ4n) is 2.87. The third-order valence-electron chi connectivity index (χ3n) is 4.09. The van der Waals surface area contributed by atoms with Crippen LogP contribution in [0.2, 0.25) is 0 Å². The van der Waals surface area contributed by atoms with E-state index in [1.165, 1.54) is 6.92 Å². The van der Waals surface area contributed by atoms with Crippen LogP contribution in [0.1, 0.15) is 38.9 Å². The van der Waals surface area contributed by atoms with Crippen molar-refractivity contribution in [3.63, 3.8) is 0 Å². The second-order valence-corrected chi connectivity index (χ2v) is 5.81. The number of anilines is 1. The Morgan fingerprint density at radius 2 is 1.75 bits per heavy atom. The molecule has 24 heavy (non-hydrogen) atoms. The average molecular weight is 318 g/mol. The Balaban J connectivity index is 2.00. The molecular formula is C20H18N2O2. The molecule has 0 saturated heterocycles. The molecule has 0 unspecified atom stereocenters. The zero-order valence-electron chi connectivity index (χ0n) is 13.9. The fraction of sp³-hybridized carbons (Fsp3) is 0.150. The van der Waals surface area contributed by atoms with Crippen LogP contribution in [-0.2, 0) is 0 Å². The molecular weight excluding hydrogens is 300 g/mol. The van der Waals surface area contributed by atoms with Crippen molar-refractivity contribution in [2.45, 2.75) is 20.8 Å². The smallest absolute Gasteiger partial charge is 0.257 e. The van der Waals surface area contributed by atoms with Gasteiger partial charge in [-0.3, -0.25) is 14.6 Å². The summed E-state index contributed by atoms with van der Waals surface area (Å²) in [6.07, 6.45) is 0. The number of aromatic nitrogens is 1. The van der Waals surface area contributed by atoms with E-state index in [4.69, 9.17) is 0 Å². The standard InChI is InChI=1S/C20H18N2O2/c1-12-17-9-4-5-10-18(17)21-13(2)19(12)20(24)22-16-8-6-7-15(11-16)14(3)23/h4-11H,1-3H3,(H,22,24). The first-order chi connectivity index (χ1) is 11.5. The molecule has 120 valence electrons. The summed E-state index contributed by atoms with van der Waals surface area (Å²) in [7, 11) is 0. The minimum Gasteiger partial charge on any atom is -0.322 e. The van der Waals surface area contributed by atoms with E-state index in [1.54, 1.807) is 24.3 Å². The molecule has 3 rings (SSSR count). The van der Waals surface area contributed by atoms with Gasteiger partial charge in [0.05, 0.1) is 16.8 Å². The van der Waals surface area contributed by atoms with E-state index in [0.717, 1.165) is 16.5 Å². The summed E-state index contributed by atoms with van der Waals surface area (Å²) >= 11 is 0. The number of amides is 1. The number of carbonyl (C=O) groups excluding carboxylic acids is 2. The van der Waals surface area contributed by atoms with E-state index in [1.807, 2.05) is 38.1 Å². The predicted molar refractivity (Wildman–Crippen MR) is 95.6 cm³/mol. The van der Waals surface area contributed by atoms with Crippen molar-refractivity contribution in [2.75, 3.05) is 5.32 Å². The highest BCUT2D eigenvalue weighted by molar-refractivity contribution is 6.09. The maximum Gasteiger partial charge on any atom is 0.257 e. The van der Waals surface area contributed by atoms with Crippen molar-refractivity contribution in [1.82, 2.24) is 4.98 Å². The summed E-state index contributed by atoms with van der Waals surface area (Å²) in [5.74, 6) is -0.255. The Kier molecular flexibility index (Phi) is 4.13. The second-order valence-electron chi connectivity index (χ2n) is 5.81. The van der Waals surface area contributed by atoms with Gasteiger partial charge in [-0.1, -0.05) is 30.3 Å². The Morgan fingerprint density at radius 1 is 1.00 bits per heavy atom. The van der Waals surface area contributed by atoms with Crippen LogP contribution in [0.15, 0.2) is 48.5 Å². The van der Waals surface area contributed by atoms with Gasteiger partial charge in [0.15, 0.2) is 5.78 Å². The summed E-state index contributed by atoms with van der Waals surface area (Å²) in [5, 5.41) is 3.83. The fourth-order valence-corrected chi connectivity index (χ4v) is 2.87. The molecule has 4 heteroatoms. The molecule has 0 spiro atoms. The Hall–Kier alpha value is -3.01. The minimum atomic E-state index is -0.219. The number of fused-ring (bicyclic) bond motifs is 1. The maximum absolute atomic E-state index is 12.7. The number of benzene rings is 2. The van der Waals surface area contributed by atoms with Crippen LogP contribution in [0.4, 0.5) is 5.69 Å². The Labute approximate surface area is 140 Å². The molecule has 0 saturated carbocycles. The Morgan fingerprint density at radius 3 is 2.50 bits per heavy atom. The van der Waals surface area contributed by atoms with Crippen molar-refractivity contribution in [1.29, 1.82) is 0 Å². The largest absolute Gasteiger partial charge is 0.322 e. The lowest BCUT2D eigenvalue weighted by Crippen LogP contribution is -2.16. The van der Waals surface area contributed by atoms with Gasteiger partial charge in [-0.2, -0.15) is 0 Å². The van der Waals surface area contributed by atoms with Crippen molar-refractivity contribution in [2.24, 2.45) is 0 Å². The van der Waals surface area contributed by atoms with Crippen LogP contribution in [0.5, 0.6) is 0 Å². The molecule has 3 aromatic rings. The van der Waals surface area contributed by atoms with Gasteiger partial charge in [0.25, 0.3) is 5.91 Å². The molecule has 2 aromatic carbocycles. The summed E-state index contributed by atoms with van der Waals surface area (Å²) in [5.41, 5.74) is 4.20. The SMILES string of the molecule is CC(=O)c1cccc(NC(=O)c2c(C)nc3ccccc3c2C)c1. The number of aryl methyl sites for hydroxylation is 2. The number of carbonyl (C=O) groups is 2. The second kappa shape index (κ2) is 6.24. The van der Waals surface area contributed by atoms with Gasteiger partial charge >= 0.3 is 0 Å². The van der Waals surface area contributed by atoms with Gasteiger partial charge in [0, 0.05) is 16.6 Å². The molecule has 0 radical (unpaired) electrons. The van der Waals surface area contributed by atoms with Gasteiger partial charge in [-0.15, -0.1) is 0 Å². The summed E-state index contributed by atoms with van der Waals surface area (Å²) in [6, 6.07) is 14.7. The van der Waals surface area contributed by atoms with Gasteiger partial charge in [-0.05, 0) is 44.5 Å². The van der Waals surface area contributed by atoms with Crippen LogP contribution in [0.25, 0.3) is 10.9 Å². The quantitative estimate of drug-likeness (QED) is 0.732. The molecule has 0 aliphatic rings. The molecule has 1 aromatic heterocycles. The number of ketones is 1. The summed E-state index contributed by atoms with van der Waals surface area (Å²) < 4.78 is 0. The number of nitrogens with one attached hydrogen (secondary N) is 1. The van der Waals surface area contributed by atoms with Gasteiger partial charge in [0.2, 0.25) is 0 Å². The van der Waals surface area contributed by atoms with Crippen molar-refractivity contribution < 1.29 is 9.59 Å². The summed E-state index contributed by atoms with van der Waals surface area (Å²) in [6.45, 7) is 5.26. The first kappa shape index (κ1) is 15.9. The molecule has 0 bridgehead atoms. The molecule has 0 atom stereocenters. The predicted octanol–water partition coefficient (Wildman–Crippen LogP) is 4.31. The third-order valence-corrected chi connectivity index (χ3v) is 4.09. The molecule has 0 aliphatic heterocycles. The van der Waals surface area contributed by atoms with Crippen LogP contribution < -0.4 is 5.32 Å². The van der Waals surface area contributed by atoms with Crippen LogP contribution >= 0.6 is 0 Å². The molecule has 0 fully saturated rings. The maximum atomic E-state index is 12.7. The third kappa shape index (κ3) is 2.91. The number of rotatable bonds is 3. The molecule has 1 heterocycles. The number of nitrogens with zero attached hydrogens (tertiary/aromatic N) is 1. The van der Waals surface area contributed by atoms with Crippen molar-refractivity contribution >= 4 is 28.3 Å². The Bertz CT molecular complexity index is 961. The lowest BCUT2D eigenvalue weighted by atomic mass is 10.0. The molecule has 4 nitrogen and oxygen atoms in total. The highest BCUT2D eigenvalue weighted by Crippen LogP contribution is 2.23. The number of pyridine rings is 1. The van der Waals surface area contributed by atoms with Gasteiger partial charge in [-0.25, -0.2) is 0 Å². The lowest BCUT2D eigenvalue weighted by Gasteiger charge is -2.13. The van der Waals surface area contributed by atoms with Crippen LogP contribution in [-0.4, -0.2) is 16.7 Å². The number of hydrogen-bond acceptors (Lipinski definition) is 3. The first-order valence-electron chi connectivity index (χ1n) is 7.75.